The van der Waals surface area contributed by atoms with E-state index >= 15 is 0 Å². The number of benzene rings is 24. The lowest BCUT2D eigenvalue weighted by Crippen LogP contribution is -1.94. The zero-order valence-electron chi connectivity index (χ0n) is 79.4. The summed E-state index contributed by atoms with van der Waals surface area (Å²) in [4.78, 5) is 0. The molecular weight excluding hydrogens is 1840 g/mol. The standard InChI is InChI=1S/3C46H28N2S/c1-2-12-33(13-3-1)47-40-16-8-6-14-35(40)38-27-31(19-23-41(38)47)32-20-24-42-39(28-32)45-43(25-22-37-36-15-7-9-17-44(36)49-46(37)45)48(42)34-21-18-29-10-4-5-11-30(29)26-34;1-2-12-33(13-3-1)47-41-16-8-6-14-35(41)37-25-31(19-22-42(37)47)32-20-23-43-38(26-32)39-28-46-40(36-15-7-9-17-45(36)49-46)27-44(39)48(43)34-21-18-29-10-4-5-11-30(29)24-34;1-2-12-33(13-3-1)47-39-16-8-6-14-35(39)37-27-31(19-22-40(37)47)32-20-23-41-38(28-32)45-42(24-25-44-46(45)36-15-7-9-17-43(36)49-44)48(41)34-21-18-29-10-4-5-11-30(29)26-34/h3*1-28H. The van der Waals surface area contributed by atoms with Crippen molar-refractivity contribution in [1.82, 2.24) is 27.4 Å². The van der Waals surface area contributed by atoms with E-state index in [0.29, 0.717) is 0 Å². The molecule has 0 saturated carbocycles. The van der Waals surface area contributed by atoms with Gasteiger partial charge in [-0.05, 0) is 278 Å². The van der Waals surface area contributed by atoms with Crippen LogP contribution in [-0.4, -0.2) is 27.4 Å². The molecule has 0 N–H and O–H groups in total. The minimum Gasteiger partial charge on any atom is -0.309 e. The number of para-hydroxylation sites is 6. The minimum absolute atomic E-state index is 1.18. The summed E-state index contributed by atoms with van der Waals surface area (Å²) in [5.41, 5.74) is 29.1. The maximum absolute atomic E-state index is 2.46. The van der Waals surface area contributed by atoms with E-state index < -0.39 is 0 Å². The Morgan fingerprint density at radius 1 is 0.116 bits per heavy atom. The van der Waals surface area contributed by atoms with Crippen LogP contribution in [0.1, 0.15) is 0 Å². The first-order valence-electron chi connectivity index (χ1n) is 50.3. The van der Waals surface area contributed by atoms with Gasteiger partial charge in [0.1, 0.15) is 0 Å². The van der Waals surface area contributed by atoms with E-state index in [1.165, 1.54) is 291 Å². The van der Waals surface area contributed by atoms with Crippen LogP contribution in [0.2, 0.25) is 0 Å². The van der Waals surface area contributed by atoms with Gasteiger partial charge in [-0.25, -0.2) is 0 Å². The molecule has 9 aromatic heterocycles. The zero-order valence-corrected chi connectivity index (χ0v) is 81.9. The van der Waals surface area contributed by atoms with Crippen LogP contribution in [0.15, 0.2) is 510 Å². The van der Waals surface area contributed by atoms with Crippen LogP contribution in [0.3, 0.4) is 0 Å². The highest BCUT2D eigenvalue weighted by molar-refractivity contribution is 7.27. The van der Waals surface area contributed by atoms with E-state index in [4.69, 9.17) is 0 Å². The predicted molar refractivity (Wildman–Crippen MR) is 633 cm³/mol. The summed E-state index contributed by atoms with van der Waals surface area (Å²) in [6.07, 6.45) is 0. The van der Waals surface area contributed by atoms with Crippen molar-refractivity contribution in [2.45, 2.75) is 0 Å². The Balaban J connectivity index is 0.0000000999. The van der Waals surface area contributed by atoms with Gasteiger partial charge in [-0.15, -0.1) is 34.0 Å². The van der Waals surface area contributed by atoms with Crippen LogP contribution in [0.4, 0.5) is 0 Å². The monoisotopic (exact) mass is 1920 g/mol. The lowest BCUT2D eigenvalue weighted by atomic mass is 9.99. The van der Waals surface area contributed by atoms with Crippen molar-refractivity contribution >= 4 is 258 Å². The van der Waals surface area contributed by atoms with Gasteiger partial charge in [0.15, 0.2) is 0 Å². The quantitative estimate of drug-likeness (QED) is 0.138. The van der Waals surface area contributed by atoms with Gasteiger partial charge in [0.05, 0.1) is 66.2 Å². The first kappa shape index (κ1) is 83.2. The van der Waals surface area contributed by atoms with Crippen molar-refractivity contribution < 1.29 is 0 Å². The van der Waals surface area contributed by atoms with Crippen molar-refractivity contribution in [3.8, 4) is 67.5 Å². The Hall–Kier alpha value is -18.5. The molecule has 684 valence electrons. The molecule has 0 radical (unpaired) electrons. The first-order valence-corrected chi connectivity index (χ1v) is 52.7. The van der Waals surface area contributed by atoms with E-state index in [2.05, 4.69) is 537 Å². The third-order valence-electron chi connectivity index (χ3n) is 30.8. The van der Waals surface area contributed by atoms with Crippen molar-refractivity contribution in [1.29, 1.82) is 0 Å². The molecule has 33 aromatic rings. The molecular formula is C138H84N6S3. The maximum Gasteiger partial charge on any atom is 0.0555 e. The fourth-order valence-corrected chi connectivity index (χ4v) is 27.7. The van der Waals surface area contributed by atoms with Gasteiger partial charge in [0.25, 0.3) is 0 Å². The van der Waals surface area contributed by atoms with Gasteiger partial charge in [-0.3, -0.25) is 0 Å². The van der Waals surface area contributed by atoms with Gasteiger partial charge in [0, 0.05) is 159 Å². The van der Waals surface area contributed by atoms with E-state index in [9.17, 15) is 0 Å². The zero-order chi connectivity index (χ0) is 96.2. The van der Waals surface area contributed by atoms with E-state index in [1.807, 2.05) is 34.0 Å². The molecule has 0 atom stereocenters. The number of nitrogens with zero attached hydrogens (tertiary/aromatic N) is 6. The van der Waals surface area contributed by atoms with Crippen molar-refractivity contribution in [2.75, 3.05) is 0 Å². The van der Waals surface area contributed by atoms with Gasteiger partial charge in [-0.1, -0.05) is 297 Å². The lowest BCUT2D eigenvalue weighted by molar-refractivity contribution is 1.18. The summed E-state index contributed by atoms with van der Waals surface area (Å²) in [6, 6.07) is 187. The SMILES string of the molecule is c1ccc(-n2c3ccccc3c3cc(-c4ccc5c(c4)c4c6c(ccc4n5-c4ccc5ccccc5c4)sc4ccccc46)ccc32)cc1.c1ccc(-n2c3ccccc3c3cc(-c4ccc5c(c4)c4c6sc7ccccc7c6ccc4n5-c4ccc5ccccc5c4)ccc32)cc1.c1ccc(-n2c3ccccc3c3cc(-c4ccc5c(c4)c4cc6sc7ccccc7c6cc4n5-c4ccc5ccccc5c4)ccc32)cc1. The Labute approximate surface area is 855 Å². The van der Waals surface area contributed by atoms with Crippen molar-refractivity contribution in [3.05, 3.63) is 510 Å². The maximum atomic E-state index is 2.46. The number of fused-ring (bicyclic) bond motifs is 32. The number of hydrogen-bond acceptors (Lipinski definition) is 3. The van der Waals surface area contributed by atoms with Crippen LogP contribution < -0.4 is 0 Å². The first-order chi connectivity index (χ1) is 72.9. The van der Waals surface area contributed by atoms with Crippen LogP contribution in [0.5, 0.6) is 0 Å². The average molecular weight is 1920 g/mol. The molecule has 0 bridgehead atoms. The second-order valence-electron chi connectivity index (χ2n) is 38.9. The summed E-state index contributed by atoms with van der Waals surface area (Å²) in [6.45, 7) is 0. The molecule has 0 spiro atoms. The fraction of sp³-hybridized carbons (Fsp3) is 0. The topological polar surface area (TPSA) is 29.6 Å². The van der Waals surface area contributed by atoms with Gasteiger partial charge in [-0.2, -0.15) is 0 Å². The average Bonchev–Trinajstić information content (AvgIpc) is 1.55. The molecule has 0 aliphatic carbocycles. The number of rotatable bonds is 9. The fourth-order valence-electron chi connectivity index (χ4n) is 24.2. The van der Waals surface area contributed by atoms with Crippen LogP contribution in [0, 0.1) is 0 Å². The molecule has 24 aromatic carbocycles. The molecule has 0 aliphatic rings. The predicted octanol–water partition coefficient (Wildman–Crippen LogP) is 39.2. The second kappa shape index (κ2) is 33.1. The lowest BCUT2D eigenvalue weighted by Gasteiger charge is -2.10. The second-order valence-corrected chi connectivity index (χ2v) is 42.1. The number of hydrogen-bond donors (Lipinski definition) is 0. The third kappa shape index (κ3) is 13.1. The van der Waals surface area contributed by atoms with Gasteiger partial charge < -0.3 is 27.4 Å². The Kier molecular flexibility index (Phi) is 18.7. The summed E-state index contributed by atoms with van der Waals surface area (Å²) in [5, 5.41) is 30.8. The van der Waals surface area contributed by atoms with Crippen molar-refractivity contribution in [2.24, 2.45) is 0 Å². The molecule has 0 saturated heterocycles. The summed E-state index contributed by atoms with van der Waals surface area (Å²) >= 11 is 5.67. The smallest absolute Gasteiger partial charge is 0.0555 e. The highest BCUT2D eigenvalue weighted by atomic mass is 32.1. The molecule has 0 fully saturated rings. The molecule has 0 amide bonds. The number of aromatic nitrogens is 6. The molecule has 147 heavy (non-hydrogen) atoms. The van der Waals surface area contributed by atoms with Crippen LogP contribution in [-0.2, 0) is 0 Å². The molecule has 9 heterocycles. The van der Waals surface area contributed by atoms with E-state index in [0.717, 1.165) is 0 Å². The molecule has 6 nitrogen and oxygen atoms in total. The summed E-state index contributed by atoms with van der Waals surface area (Å²) < 4.78 is 22.5. The Morgan fingerprint density at radius 3 is 0.837 bits per heavy atom. The molecule has 0 unspecified atom stereocenters. The molecule has 9 heteroatoms. The van der Waals surface area contributed by atoms with E-state index in [-0.39, 0.29) is 0 Å². The normalized spacial score (nSPS) is 12.1. The van der Waals surface area contributed by atoms with Crippen molar-refractivity contribution in [3.63, 3.8) is 0 Å². The summed E-state index contributed by atoms with van der Waals surface area (Å²) in [7, 11) is 0. The Bertz CT molecular complexity index is 11200. The highest BCUT2D eigenvalue weighted by Gasteiger charge is 2.26. The summed E-state index contributed by atoms with van der Waals surface area (Å²) in [5.74, 6) is 0. The Morgan fingerprint density at radius 2 is 0.401 bits per heavy atom. The van der Waals surface area contributed by atoms with Gasteiger partial charge in [0.2, 0.25) is 0 Å². The van der Waals surface area contributed by atoms with E-state index in [1.54, 1.807) is 0 Å². The minimum atomic E-state index is 1.18. The molecule has 0 aliphatic heterocycles. The molecule has 33 rings (SSSR count). The van der Waals surface area contributed by atoms with Gasteiger partial charge >= 0.3 is 0 Å². The van der Waals surface area contributed by atoms with Crippen LogP contribution >= 0.6 is 34.0 Å². The van der Waals surface area contributed by atoms with Crippen LogP contribution in [0.25, 0.3) is 291 Å². The third-order valence-corrected chi connectivity index (χ3v) is 34.3. The number of thiophene rings is 3. The largest absolute Gasteiger partial charge is 0.309 e. The highest BCUT2D eigenvalue weighted by Crippen LogP contribution is 2.51.